The highest BCUT2D eigenvalue weighted by atomic mass is 32.2. The van der Waals surface area contributed by atoms with Crippen molar-refractivity contribution in [2.24, 2.45) is 0 Å². The lowest BCUT2D eigenvalue weighted by molar-refractivity contribution is -0.384. The van der Waals surface area contributed by atoms with E-state index >= 15 is 0 Å². The van der Waals surface area contributed by atoms with E-state index in [1.165, 1.54) is 12.1 Å². The normalized spacial score (nSPS) is 15.2. The van der Waals surface area contributed by atoms with Gasteiger partial charge in [0.1, 0.15) is 6.54 Å². The van der Waals surface area contributed by atoms with Gasteiger partial charge in [0.15, 0.2) is 0 Å². The summed E-state index contributed by atoms with van der Waals surface area (Å²) < 4.78 is 6.96. The Morgan fingerprint density at radius 1 is 1.22 bits per heavy atom. The average Bonchev–Trinajstić information content (AvgIpc) is 3.11. The van der Waals surface area contributed by atoms with E-state index in [9.17, 15) is 24.5 Å². The lowest BCUT2D eigenvalue weighted by atomic mass is 10.1. The summed E-state index contributed by atoms with van der Waals surface area (Å²) in [5.41, 5.74) is 3.94. The molecular formula is C22H23N3O6S. The Morgan fingerprint density at radius 3 is 2.50 bits per heavy atom. The van der Waals surface area contributed by atoms with Crippen molar-refractivity contribution >= 4 is 40.6 Å². The van der Waals surface area contributed by atoms with Gasteiger partial charge in [0.2, 0.25) is 0 Å². The van der Waals surface area contributed by atoms with Gasteiger partial charge < -0.3 is 9.30 Å². The molecule has 0 spiro atoms. The molecule has 0 unspecified atom stereocenters. The third kappa shape index (κ3) is 4.59. The topological polar surface area (TPSA) is 112 Å². The molecule has 0 bridgehead atoms. The Hall–Kier alpha value is -3.40. The molecule has 2 heterocycles. The smallest absolute Gasteiger partial charge is 0.326 e. The van der Waals surface area contributed by atoms with Crippen LogP contribution in [-0.4, -0.2) is 44.2 Å². The number of benzene rings is 1. The molecule has 10 heteroatoms. The number of nitro benzene ring substituents is 1. The number of rotatable bonds is 6. The van der Waals surface area contributed by atoms with Crippen molar-refractivity contribution < 1.29 is 24.0 Å². The Balaban J connectivity index is 1.91. The second kappa shape index (κ2) is 8.99. The summed E-state index contributed by atoms with van der Waals surface area (Å²) in [5.74, 6) is -1.19. The molecule has 1 saturated heterocycles. The minimum atomic E-state index is -0.643. The summed E-state index contributed by atoms with van der Waals surface area (Å²) >= 11 is 0.772. The van der Waals surface area contributed by atoms with Gasteiger partial charge in [-0.15, -0.1) is 0 Å². The van der Waals surface area contributed by atoms with Crippen molar-refractivity contribution in [1.29, 1.82) is 0 Å². The van der Waals surface area contributed by atoms with E-state index in [4.69, 9.17) is 4.74 Å². The highest BCUT2D eigenvalue weighted by Crippen LogP contribution is 2.34. The summed E-state index contributed by atoms with van der Waals surface area (Å²) in [6.45, 7) is 8.49. The molecule has 0 atom stereocenters. The number of hydrogen-bond donors (Lipinski definition) is 0. The molecule has 3 rings (SSSR count). The third-order valence-corrected chi connectivity index (χ3v) is 5.82. The summed E-state index contributed by atoms with van der Waals surface area (Å²) in [7, 11) is 0. The van der Waals surface area contributed by atoms with E-state index in [0.717, 1.165) is 44.9 Å². The highest BCUT2D eigenvalue weighted by Gasteiger charge is 2.37. The molecule has 32 heavy (non-hydrogen) atoms. The number of non-ortho nitro benzene ring substituents is 1. The Bertz CT molecular complexity index is 1160. The van der Waals surface area contributed by atoms with Crippen LogP contribution in [0.25, 0.3) is 11.8 Å². The van der Waals surface area contributed by atoms with Crippen LogP contribution in [-0.2, 0) is 14.3 Å². The lowest BCUT2D eigenvalue weighted by Gasteiger charge is -2.13. The Morgan fingerprint density at radius 2 is 1.91 bits per heavy atom. The number of thioether (sulfide) groups is 1. The summed E-state index contributed by atoms with van der Waals surface area (Å²) in [6, 6.07) is 6.51. The molecule has 1 aromatic heterocycles. The molecule has 168 valence electrons. The average molecular weight is 458 g/mol. The molecule has 1 fully saturated rings. The number of carbonyl (C=O) groups is 3. The van der Waals surface area contributed by atoms with Crippen molar-refractivity contribution in [2.45, 2.75) is 40.7 Å². The summed E-state index contributed by atoms with van der Waals surface area (Å²) in [5, 5.41) is 10.5. The van der Waals surface area contributed by atoms with Crippen molar-refractivity contribution in [2.75, 3.05) is 6.54 Å². The molecule has 1 aliphatic heterocycles. The molecule has 1 aromatic carbocycles. The number of aromatic nitrogens is 1. The number of esters is 1. The van der Waals surface area contributed by atoms with Crippen LogP contribution in [0.1, 0.15) is 36.4 Å². The lowest BCUT2D eigenvalue weighted by Crippen LogP contribution is -2.35. The standard InChI is InChI=1S/C22H23N3O6S/c1-12(2)31-20(26)11-23-21(27)19(32-22(23)28)10-16-9-14(4)24(15(16)5)18-7-6-17(25(29)30)8-13(18)3/h6-10,12H,11H2,1-5H3/b19-10-. The van der Waals surface area contributed by atoms with E-state index < -0.39 is 28.6 Å². The van der Waals surface area contributed by atoms with Crippen LogP contribution in [0.3, 0.4) is 0 Å². The van der Waals surface area contributed by atoms with Crippen LogP contribution in [0, 0.1) is 30.9 Å². The molecule has 0 N–H and O–H groups in total. The predicted octanol–water partition coefficient (Wildman–Crippen LogP) is 4.30. The fraction of sp³-hybridized carbons (Fsp3) is 0.318. The predicted molar refractivity (Wildman–Crippen MR) is 121 cm³/mol. The van der Waals surface area contributed by atoms with Crippen LogP contribution in [0.4, 0.5) is 10.5 Å². The van der Waals surface area contributed by atoms with Gasteiger partial charge in [-0.05, 0) is 75.7 Å². The van der Waals surface area contributed by atoms with Gasteiger partial charge >= 0.3 is 5.97 Å². The minimum Gasteiger partial charge on any atom is -0.462 e. The SMILES string of the molecule is Cc1cc([N+](=O)[O-])ccc1-n1c(C)cc(/C=C2\SC(=O)N(CC(=O)OC(C)C)C2=O)c1C. The highest BCUT2D eigenvalue weighted by molar-refractivity contribution is 8.18. The van der Waals surface area contributed by atoms with Gasteiger partial charge in [0, 0.05) is 29.2 Å². The fourth-order valence-electron chi connectivity index (χ4n) is 3.52. The van der Waals surface area contributed by atoms with Gasteiger partial charge in [0.05, 0.1) is 15.9 Å². The first-order chi connectivity index (χ1) is 15.0. The molecular weight excluding hydrogens is 434 g/mol. The monoisotopic (exact) mass is 457 g/mol. The largest absolute Gasteiger partial charge is 0.462 e. The Labute approximate surface area is 189 Å². The number of aryl methyl sites for hydroxylation is 2. The summed E-state index contributed by atoms with van der Waals surface area (Å²) in [6.07, 6.45) is 1.28. The number of ether oxygens (including phenoxy) is 1. The van der Waals surface area contributed by atoms with Crippen molar-refractivity contribution in [3.8, 4) is 5.69 Å². The van der Waals surface area contributed by atoms with Crippen molar-refractivity contribution in [1.82, 2.24) is 9.47 Å². The molecule has 0 saturated carbocycles. The molecule has 1 aliphatic rings. The third-order valence-electron chi connectivity index (χ3n) is 4.92. The van der Waals surface area contributed by atoms with Gasteiger partial charge in [-0.2, -0.15) is 0 Å². The second-order valence-corrected chi connectivity index (χ2v) is 8.69. The van der Waals surface area contributed by atoms with Crippen molar-refractivity contribution in [3.05, 3.63) is 61.8 Å². The van der Waals surface area contributed by atoms with Crippen molar-refractivity contribution in [3.63, 3.8) is 0 Å². The molecule has 0 radical (unpaired) electrons. The van der Waals surface area contributed by atoms with E-state index in [1.807, 2.05) is 24.5 Å². The molecule has 2 aromatic rings. The maximum absolute atomic E-state index is 12.7. The maximum atomic E-state index is 12.7. The minimum absolute atomic E-state index is 0.0126. The van der Waals surface area contributed by atoms with Crippen LogP contribution in [0.15, 0.2) is 29.2 Å². The maximum Gasteiger partial charge on any atom is 0.326 e. The number of hydrogen-bond acceptors (Lipinski definition) is 7. The zero-order chi connectivity index (χ0) is 23.7. The van der Waals surface area contributed by atoms with E-state index in [-0.39, 0.29) is 16.7 Å². The Kier molecular flexibility index (Phi) is 6.54. The van der Waals surface area contributed by atoms with Gasteiger partial charge in [-0.1, -0.05) is 0 Å². The summed E-state index contributed by atoms with van der Waals surface area (Å²) in [4.78, 5) is 48.5. The first-order valence-corrected chi connectivity index (χ1v) is 10.7. The zero-order valence-corrected chi connectivity index (χ0v) is 19.2. The molecule has 0 aliphatic carbocycles. The number of amides is 2. The fourth-order valence-corrected chi connectivity index (χ4v) is 4.34. The van der Waals surface area contributed by atoms with Crippen LogP contribution in [0.2, 0.25) is 0 Å². The number of nitro groups is 1. The van der Waals surface area contributed by atoms with Crippen LogP contribution in [0.5, 0.6) is 0 Å². The quantitative estimate of drug-likeness (QED) is 0.275. The first kappa shape index (κ1) is 23.3. The number of carbonyl (C=O) groups excluding carboxylic acids is 3. The van der Waals surface area contributed by atoms with Crippen LogP contribution < -0.4 is 0 Å². The van der Waals surface area contributed by atoms with Gasteiger partial charge in [-0.25, -0.2) is 0 Å². The van der Waals surface area contributed by atoms with Gasteiger partial charge in [-0.3, -0.25) is 29.4 Å². The van der Waals surface area contributed by atoms with Crippen LogP contribution >= 0.6 is 11.8 Å². The second-order valence-electron chi connectivity index (χ2n) is 7.70. The number of imide groups is 1. The first-order valence-electron chi connectivity index (χ1n) is 9.88. The molecule has 9 nitrogen and oxygen atoms in total. The molecule has 2 amide bonds. The number of nitrogens with zero attached hydrogens (tertiary/aromatic N) is 3. The van der Waals surface area contributed by atoms with E-state index in [0.29, 0.717) is 0 Å². The zero-order valence-electron chi connectivity index (χ0n) is 18.4. The van der Waals surface area contributed by atoms with E-state index in [2.05, 4.69) is 0 Å². The van der Waals surface area contributed by atoms with Gasteiger partial charge in [0.25, 0.3) is 16.8 Å². The van der Waals surface area contributed by atoms with E-state index in [1.54, 1.807) is 32.9 Å².